The average molecular weight is 364 g/mol. The number of rotatable bonds is 5. The lowest BCUT2D eigenvalue weighted by Gasteiger charge is -2.11. The molecule has 0 atom stereocenters. The van der Waals surface area contributed by atoms with Crippen LogP contribution >= 0.6 is 11.3 Å². The normalized spacial score (nSPS) is 12.0. The third-order valence-corrected chi connectivity index (χ3v) is 6.07. The first-order chi connectivity index (χ1) is 11.4. The Hall–Kier alpha value is -2.23. The number of nitrogens with zero attached hydrogens (tertiary/aromatic N) is 3. The number of hydrogen-bond acceptors (Lipinski definition) is 5. The zero-order chi connectivity index (χ0) is 17.3. The summed E-state index contributed by atoms with van der Waals surface area (Å²) < 4.78 is 27.0. The highest BCUT2D eigenvalue weighted by atomic mass is 32.2. The van der Waals surface area contributed by atoms with E-state index in [0.717, 1.165) is 15.0 Å². The van der Waals surface area contributed by atoms with Crippen LogP contribution < -0.4 is 5.32 Å². The molecular weight excluding hydrogens is 348 g/mol. The average Bonchev–Trinajstić information content (AvgIpc) is 3.14. The first-order valence-corrected chi connectivity index (χ1v) is 9.42. The second-order valence-electron chi connectivity index (χ2n) is 5.32. The summed E-state index contributed by atoms with van der Waals surface area (Å²) in [6, 6.07) is 5.85. The minimum atomic E-state index is -3.49. The summed E-state index contributed by atoms with van der Waals surface area (Å²) in [5, 5.41) is 4.72. The summed E-state index contributed by atoms with van der Waals surface area (Å²) in [7, 11) is -0.565. The van der Waals surface area contributed by atoms with Crippen molar-refractivity contribution in [3.05, 3.63) is 53.3 Å². The Morgan fingerprint density at radius 2 is 2.00 bits per heavy atom. The summed E-state index contributed by atoms with van der Waals surface area (Å²) in [4.78, 5) is 17.6. The molecule has 3 rings (SSSR count). The van der Waals surface area contributed by atoms with Gasteiger partial charge in [-0.3, -0.25) is 9.20 Å². The number of carbonyl (C=O) groups excluding carboxylic acids is 1. The van der Waals surface area contributed by atoms with Gasteiger partial charge in [0.15, 0.2) is 4.96 Å². The van der Waals surface area contributed by atoms with E-state index in [1.807, 2.05) is 22.2 Å². The molecule has 0 aliphatic rings. The Labute approximate surface area is 143 Å². The Balaban J connectivity index is 1.68. The fraction of sp³-hybridized carbons (Fsp3) is 0.200. The van der Waals surface area contributed by atoms with Crippen molar-refractivity contribution in [2.24, 2.45) is 0 Å². The fourth-order valence-electron chi connectivity index (χ4n) is 2.12. The molecule has 1 aromatic carbocycles. The SMILES string of the molecule is CN(C)S(=O)(=O)c1ccc(C(=O)NCc2cn3ccsc3n2)cc1. The highest BCUT2D eigenvalue weighted by Crippen LogP contribution is 2.14. The van der Waals surface area contributed by atoms with Gasteiger partial charge in [-0.1, -0.05) is 0 Å². The summed E-state index contributed by atoms with van der Waals surface area (Å²) in [6.07, 6.45) is 3.76. The number of hydrogen-bond donors (Lipinski definition) is 1. The Morgan fingerprint density at radius 3 is 2.62 bits per heavy atom. The summed E-state index contributed by atoms with van der Waals surface area (Å²) in [6.45, 7) is 0.310. The van der Waals surface area contributed by atoms with Crippen molar-refractivity contribution in [2.75, 3.05) is 14.1 Å². The number of sulfonamides is 1. The number of imidazole rings is 1. The highest BCUT2D eigenvalue weighted by molar-refractivity contribution is 7.89. The molecule has 0 aliphatic carbocycles. The van der Waals surface area contributed by atoms with Crippen LogP contribution in [0.5, 0.6) is 0 Å². The number of nitrogens with one attached hydrogen (secondary N) is 1. The second-order valence-corrected chi connectivity index (χ2v) is 8.34. The van der Waals surface area contributed by atoms with Crippen LogP contribution in [0.2, 0.25) is 0 Å². The van der Waals surface area contributed by atoms with Gasteiger partial charge in [-0.25, -0.2) is 17.7 Å². The van der Waals surface area contributed by atoms with E-state index in [-0.39, 0.29) is 10.8 Å². The lowest BCUT2D eigenvalue weighted by atomic mass is 10.2. The molecule has 0 fully saturated rings. The third kappa shape index (κ3) is 3.18. The maximum absolute atomic E-state index is 12.2. The molecule has 0 saturated heterocycles. The van der Waals surface area contributed by atoms with Crippen molar-refractivity contribution in [3.63, 3.8) is 0 Å². The van der Waals surface area contributed by atoms with Crippen molar-refractivity contribution in [3.8, 4) is 0 Å². The van der Waals surface area contributed by atoms with Crippen LogP contribution in [0, 0.1) is 0 Å². The molecule has 126 valence electrons. The molecule has 0 spiro atoms. The zero-order valence-electron chi connectivity index (χ0n) is 13.1. The van der Waals surface area contributed by atoms with Crippen LogP contribution in [0.15, 0.2) is 46.9 Å². The Morgan fingerprint density at radius 1 is 1.29 bits per heavy atom. The van der Waals surface area contributed by atoms with Crippen molar-refractivity contribution in [1.82, 2.24) is 19.0 Å². The third-order valence-electron chi connectivity index (χ3n) is 3.47. The Bertz CT molecular complexity index is 943. The summed E-state index contributed by atoms with van der Waals surface area (Å²) in [5.41, 5.74) is 1.16. The van der Waals surface area contributed by atoms with E-state index in [0.29, 0.717) is 12.1 Å². The maximum Gasteiger partial charge on any atom is 0.251 e. The van der Waals surface area contributed by atoms with Gasteiger partial charge in [0.25, 0.3) is 5.91 Å². The number of benzene rings is 1. The molecule has 9 heteroatoms. The van der Waals surface area contributed by atoms with Gasteiger partial charge in [0.2, 0.25) is 10.0 Å². The predicted molar refractivity (Wildman–Crippen MR) is 91.6 cm³/mol. The van der Waals surface area contributed by atoms with E-state index in [4.69, 9.17) is 0 Å². The molecule has 0 bridgehead atoms. The molecule has 1 N–H and O–H groups in total. The molecule has 3 aromatic rings. The molecule has 2 aromatic heterocycles. The fourth-order valence-corrected chi connectivity index (χ4v) is 3.74. The van der Waals surface area contributed by atoms with Gasteiger partial charge in [0.05, 0.1) is 17.1 Å². The van der Waals surface area contributed by atoms with Gasteiger partial charge in [-0.05, 0) is 24.3 Å². The first-order valence-electron chi connectivity index (χ1n) is 7.10. The van der Waals surface area contributed by atoms with Crippen molar-refractivity contribution in [1.29, 1.82) is 0 Å². The molecule has 0 unspecified atom stereocenters. The number of amides is 1. The van der Waals surface area contributed by atoms with Crippen LogP contribution in [0.4, 0.5) is 0 Å². The largest absolute Gasteiger partial charge is 0.346 e. The monoisotopic (exact) mass is 364 g/mol. The van der Waals surface area contributed by atoms with Gasteiger partial charge in [0, 0.05) is 37.4 Å². The van der Waals surface area contributed by atoms with Crippen LogP contribution in [-0.4, -0.2) is 42.1 Å². The number of carbonyl (C=O) groups is 1. The smallest absolute Gasteiger partial charge is 0.251 e. The lowest BCUT2D eigenvalue weighted by molar-refractivity contribution is 0.0950. The van der Waals surface area contributed by atoms with Gasteiger partial charge < -0.3 is 5.32 Å². The maximum atomic E-state index is 12.2. The predicted octanol–water partition coefficient (Wildman–Crippen LogP) is 1.58. The van der Waals surface area contributed by atoms with Crippen molar-refractivity contribution >= 4 is 32.2 Å². The quantitative estimate of drug-likeness (QED) is 0.745. The van der Waals surface area contributed by atoms with E-state index in [1.54, 1.807) is 0 Å². The summed E-state index contributed by atoms with van der Waals surface area (Å²) >= 11 is 1.52. The highest BCUT2D eigenvalue weighted by Gasteiger charge is 2.17. The van der Waals surface area contributed by atoms with Crippen molar-refractivity contribution < 1.29 is 13.2 Å². The number of thiazole rings is 1. The molecule has 0 radical (unpaired) electrons. The van der Waals surface area contributed by atoms with Crippen LogP contribution in [-0.2, 0) is 16.6 Å². The van der Waals surface area contributed by atoms with Gasteiger partial charge in [0.1, 0.15) is 0 Å². The lowest BCUT2D eigenvalue weighted by Crippen LogP contribution is -2.24. The van der Waals surface area contributed by atoms with E-state index in [9.17, 15) is 13.2 Å². The summed E-state index contributed by atoms with van der Waals surface area (Å²) in [5.74, 6) is -0.278. The topological polar surface area (TPSA) is 83.8 Å². The standard InChI is InChI=1S/C15H16N4O3S2/c1-18(2)24(21,22)13-5-3-11(4-6-13)14(20)16-9-12-10-19-7-8-23-15(19)17-12/h3-8,10H,9H2,1-2H3,(H,16,20). The van der Waals surface area contributed by atoms with E-state index in [2.05, 4.69) is 10.3 Å². The molecule has 0 saturated carbocycles. The van der Waals surface area contributed by atoms with Crippen LogP contribution in [0.3, 0.4) is 0 Å². The van der Waals surface area contributed by atoms with Crippen LogP contribution in [0.25, 0.3) is 4.96 Å². The first kappa shape index (κ1) is 16.6. The van der Waals surface area contributed by atoms with Crippen LogP contribution in [0.1, 0.15) is 16.1 Å². The molecule has 1 amide bonds. The Kier molecular flexibility index (Phi) is 4.39. The molecule has 24 heavy (non-hydrogen) atoms. The zero-order valence-corrected chi connectivity index (χ0v) is 14.8. The molecule has 7 nitrogen and oxygen atoms in total. The molecule has 2 heterocycles. The minimum absolute atomic E-state index is 0.151. The van der Waals surface area contributed by atoms with Gasteiger partial charge in [-0.2, -0.15) is 0 Å². The number of aromatic nitrogens is 2. The minimum Gasteiger partial charge on any atom is -0.346 e. The van der Waals surface area contributed by atoms with Gasteiger partial charge in [-0.15, -0.1) is 11.3 Å². The van der Waals surface area contributed by atoms with E-state index < -0.39 is 10.0 Å². The molecular formula is C15H16N4O3S2. The second kappa shape index (κ2) is 6.34. The number of fused-ring (bicyclic) bond motifs is 1. The van der Waals surface area contributed by atoms with Gasteiger partial charge >= 0.3 is 0 Å². The van der Waals surface area contributed by atoms with Crippen molar-refractivity contribution in [2.45, 2.75) is 11.4 Å². The van der Waals surface area contributed by atoms with E-state index >= 15 is 0 Å². The van der Waals surface area contributed by atoms with E-state index in [1.165, 1.54) is 49.7 Å². The molecule has 0 aliphatic heterocycles.